The molecule has 0 saturated carbocycles. The molecule has 1 aromatic rings. The van der Waals surface area contributed by atoms with Crippen LogP contribution in [0.5, 0.6) is 5.88 Å². The fraction of sp³-hybridized carbons (Fsp3) is 0.400. The highest BCUT2D eigenvalue weighted by atomic mass is 16.5. The molecule has 0 bridgehead atoms. The van der Waals surface area contributed by atoms with E-state index in [1.54, 1.807) is 12.1 Å². The number of aliphatic hydroxyl groups is 1. The first kappa shape index (κ1) is 10.7. The number of ether oxygens (including phenoxy) is 1. The summed E-state index contributed by atoms with van der Waals surface area (Å²) in [6.07, 6.45) is 0.476. The number of methoxy groups -OCH3 is 1. The van der Waals surface area contributed by atoms with Crippen molar-refractivity contribution >= 4 is 6.09 Å². The Bertz CT molecular complexity index is 398. The number of rotatable bonds is 2. The zero-order chi connectivity index (χ0) is 11.8. The van der Waals surface area contributed by atoms with Crippen molar-refractivity contribution in [3.8, 4) is 5.88 Å². The summed E-state index contributed by atoms with van der Waals surface area (Å²) < 4.78 is 4.90. The molecule has 0 spiro atoms. The van der Waals surface area contributed by atoms with Crippen molar-refractivity contribution in [2.75, 3.05) is 20.2 Å². The van der Waals surface area contributed by atoms with Gasteiger partial charge in [-0.3, -0.25) is 0 Å². The SMILES string of the molecule is COc1ccc(C2(O)CN(C(=O)O)C2)cn1. The van der Waals surface area contributed by atoms with Crippen molar-refractivity contribution in [1.29, 1.82) is 0 Å². The van der Waals surface area contributed by atoms with Crippen LogP contribution in [0.4, 0.5) is 4.79 Å². The van der Waals surface area contributed by atoms with E-state index in [0.29, 0.717) is 11.4 Å². The first-order chi connectivity index (χ1) is 7.55. The van der Waals surface area contributed by atoms with Crippen LogP contribution in [0.2, 0.25) is 0 Å². The normalized spacial score (nSPS) is 17.8. The lowest BCUT2D eigenvalue weighted by molar-refractivity contribution is -0.0900. The number of aromatic nitrogens is 1. The van der Waals surface area contributed by atoms with E-state index in [1.165, 1.54) is 13.3 Å². The maximum atomic E-state index is 10.6. The van der Waals surface area contributed by atoms with Crippen LogP contribution in [0.3, 0.4) is 0 Å². The zero-order valence-electron chi connectivity index (χ0n) is 8.75. The van der Waals surface area contributed by atoms with Gasteiger partial charge in [-0.25, -0.2) is 9.78 Å². The van der Waals surface area contributed by atoms with Crippen LogP contribution in [0.25, 0.3) is 0 Å². The molecule has 0 radical (unpaired) electrons. The minimum absolute atomic E-state index is 0.0797. The lowest BCUT2D eigenvalue weighted by atomic mass is 9.87. The van der Waals surface area contributed by atoms with Gasteiger partial charge in [-0.05, 0) is 6.07 Å². The molecule has 6 heteroatoms. The third-order valence-electron chi connectivity index (χ3n) is 2.66. The molecule has 86 valence electrons. The van der Waals surface area contributed by atoms with Crippen molar-refractivity contribution in [3.63, 3.8) is 0 Å². The fourth-order valence-electron chi connectivity index (χ4n) is 1.68. The van der Waals surface area contributed by atoms with Gasteiger partial charge in [-0.2, -0.15) is 0 Å². The molecular formula is C10H12N2O4. The molecule has 0 aromatic carbocycles. The molecule has 1 aliphatic rings. The van der Waals surface area contributed by atoms with E-state index in [9.17, 15) is 9.90 Å². The second-order valence-corrected chi connectivity index (χ2v) is 3.76. The minimum atomic E-state index is -1.11. The smallest absolute Gasteiger partial charge is 0.407 e. The number of hydrogen-bond acceptors (Lipinski definition) is 4. The summed E-state index contributed by atoms with van der Waals surface area (Å²) in [5.74, 6) is 0.460. The Morgan fingerprint density at radius 3 is 2.69 bits per heavy atom. The van der Waals surface area contributed by atoms with Gasteiger partial charge < -0.3 is 19.8 Å². The summed E-state index contributed by atoms with van der Waals surface area (Å²) in [6, 6.07) is 3.32. The standard InChI is InChI=1S/C10H12N2O4/c1-16-8-3-2-7(4-11-8)10(15)5-12(6-10)9(13)14/h2-4,15H,5-6H2,1H3,(H,13,14). The van der Waals surface area contributed by atoms with E-state index in [4.69, 9.17) is 9.84 Å². The summed E-state index contributed by atoms with van der Waals surface area (Å²) in [4.78, 5) is 15.7. The zero-order valence-corrected chi connectivity index (χ0v) is 8.75. The molecule has 1 saturated heterocycles. The summed E-state index contributed by atoms with van der Waals surface area (Å²) in [6.45, 7) is 0.159. The van der Waals surface area contributed by atoms with Gasteiger partial charge >= 0.3 is 6.09 Å². The summed E-state index contributed by atoms with van der Waals surface area (Å²) in [5, 5.41) is 18.8. The van der Waals surface area contributed by atoms with Gasteiger partial charge in [0.2, 0.25) is 5.88 Å². The van der Waals surface area contributed by atoms with Crippen molar-refractivity contribution in [1.82, 2.24) is 9.88 Å². The van der Waals surface area contributed by atoms with Crippen LogP contribution in [0.15, 0.2) is 18.3 Å². The molecule has 1 aliphatic heterocycles. The maximum absolute atomic E-state index is 10.6. The molecule has 0 aliphatic carbocycles. The summed E-state index contributed by atoms with van der Waals surface area (Å²) in [7, 11) is 1.51. The lowest BCUT2D eigenvalue weighted by Crippen LogP contribution is -2.60. The number of nitrogens with zero attached hydrogens (tertiary/aromatic N) is 2. The Hall–Kier alpha value is -1.82. The Morgan fingerprint density at radius 2 is 2.25 bits per heavy atom. The van der Waals surface area contributed by atoms with Crippen LogP contribution < -0.4 is 4.74 Å². The van der Waals surface area contributed by atoms with Crippen molar-refractivity contribution in [3.05, 3.63) is 23.9 Å². The number of amides is 1. The Morgan fingerprint density at radius 1 is 1.56 bits per heavy atom. The third kappa shape index (κ3) is 1.67. The molecule has 0 atom stereocenters. The van der Waals surface area contributed by atoms with Gasteiger partial charge in [-0.1, -0.05) is 0 Å². The second-order valence-electron chi connectivity index (χ2n) is 3.76. The third-order valence-corrected chi connectivity index (χ3v) is 2.66. The van der Waals surface area contributed by atoms with Crippen LogP contribution >= 0.6 is 0 Å². The van der Waals surface area contributed by atoms with E-state index in [0.717, 1.165) is 4.90 Å². The molecule has 1 fully saturated rings. The fourth-order valence-corrected chi connectivity index (χ4v) is 1.68. The second kappa shape index (κ2) is 3.64. The van der Waals surface area contributed by atoms with E-state index >= 15 is 0 Å². The van der Waals surface area contributed by atoms with Gasteiger partial charge in [0.15, 0.2) is 0 Å². The monoisotopic (exact) mass is 224 g/mol. The highest BCUT2D eigenvalue weighted by Gasteiger charge is 2.45. The molecule has 2 N–H and O–H groups in total. The first-order valence-corrected chi connectivity index (χ1v) is 4.76. The molecule has 2 heterocycles. The number of β-amino-alcohol motifs (C(OH)–C–C–N with tert-alkyl or cyclic N) is 1. The summed E-state index contributed by atoms with van der Waals surface area (Å²) >= 11 is 0. The van der Waals surface area contributed by atoms with Gasteiger partial charge in [0, 0.05) is 17.8 Å². The molecule has 0 unspecified atom stereocenters. The lowest BCUT2D eigenvalue weighted by Gasteiger charge is -2.44. The van der Waals surface area contributed by atoms with Crippen molar-refractivity contribution in [2.45, 2.75) is 5.60 Å². The largest absolute Gasteiger partial charge is 0.481 e. The highest BCUT2D eigenvalue weighted by molar-refractivity contribution is 5.67. The maximum Gasteiger partial charge on any atom is 0.407 e. The number of hydrogen-bond donors (Lipinski definition) is 2. The van der Waals surface area contributed by atoms with Crippen molar-refractivity contribution in [2.24, 2.45) is 0 Å². The predicted molar refractivity (Wildman–Crippen MR) is 54.3 cm³/mol. The van der Waals surface area contributed by atoms with E-state index in [1.807, 2.05) is 0 Å². The van der Waals surface area contributed by atoms with Gasteiger partial charge in [0.25, 0.3) is 0 Å². The first-order valence-electron chi connectivity index (χ1n) is 4.76. The van der Waals surface area contributed by atoms with E-state index in [-0.39, 0.29) is 13.1 Å². The minimum Gasteiger partial charge on any atom is -0.481 e. The van der Waals surface area contributed by atoms with Crippen LogP contribution in [0.1, 0.15) is 5.56 Å². The number of carboxylic acid groups (broad SMARTS) is 1. The molecule has 6 nitrogen and oxygen atoms in total. The molecule has 1 aromatic heterocycles. The van der Waals surface area contributed by atoms with Gasteiger partial charge in [-0.15, -0.1) is 0 Å². The summed E-state index contributed by atoms with van der Waals surface area (Å²) in [5.41, 5.74) is -0.511. The van der Waals surface area contributed by atoms with Crippen LogP contribution in [0, 0.1) is 0 Å². The predicted octanol–water partition coefficient (Wildman–Crippen LogP) is 0.271. The molecule has 1 amide bonds. The molecular weight excluding hydrogens is 212 g/mol. The van der Waals surface area contributed by atoms with E-state index in [2.05, 4.69) is 4.98 Å². The van der Waals surface area contributed by atoms with Gasteiger partial charge in [0.05, 0.1) is 20.2 Å². The van der Waals surface area contributed by atoms with Crippen LogP contribution in [-0.2, 0) is 5.60 Å². The highest BCUT2D eigenvalue weighted by Crippen LogP contribution is 2.31. The number of likely N-dealkylation sites (tertiary alicyclic amines) is 1. The average molecular weight is 224 g/mol. The van der Waals surface area contributed by atoms with Crippen molar-refractivity contribution < 1.29 is 19.7 Å². The Labute approximate surface area is 92.1 Å². The average Bonchev–Trinajstić information content (AvgIpc) is 2.24. The Kier molecular flexibility index (Phi) is 2.43. The number of pyridine rings is 1. The molecule has 2 rings (SSSR count). The van der Waals surface area contributed by atoms with Crippen LogP contribution in [-0.4, -0.2) is 46.4 Å². The van der Waals surface area contributed by atoms with E-state index < -0.39 is 11.7 Å². The quantitative estimate of drug-likeness (QED) is 0.753. The topological polar surface area (TPSA) is 82.9 Å². The number of carbonyl (C=O) groups is 1. The molecule has 16 heavy (non-hydrogen) atoms. The Balaban J connectivity index is 2.10. The van der Waals surface area contributed by atoms with Gasteiger partial charge in [0.1, 0.15) is 5.60 Å².